The van der Waals surface area contributed by atoms with E-state index in [1.165, 1.54) is 0 Å². The van der Waals surface area contributed by atoms with Crippen molar-refractivity contribution in [3.63, 3.8) is 0 Å². The fourth-order valence-electron chi connectivity index (χ4n) is 4.47. The molecular formula is C28H27ClN6O2. The number of aromatic nitrogens is 5. The summed E-state index contributed by atoms with van der Waals surface area (Å²) in [5, 5.41) is 7.20. The van der Waals surface area contributed by atoms with Crippen LogP contribution in [0.1, 0.15) is 40.2 Å². The van der Waals surface area contributed by atoms with Crippen molar-refractivity contribution in [2.45, 2.75) is 25.9 Å². The monoisotopic (exact) mass is 514 g/mol. The molecule has 188 valence electrons. The van der Waals surface area contributed by atoms with Crippen molar-refractivity contribution < 1.29 is 9.53 Å². The summed E-state index contributed by atoms with van der Waals surface area (Å²) in [6, 6.07) is 22.3. The predicted molar refractivity (Wildman–Crippen MR) is 144 cm³/mol. The second-order valence-electron chi connectivity index (χ2n) is 8.58. The minimum atomic E-state index is -0.362. The van der Waals surface area contributed by atoms with Gasteiger partial charge < -0.3 is 14.6 Å². The molecule has 0 radical (unpaired) electrons. The van der Waals surface area contributed by atoms with Crippen LogP contribution in [0.3, 0.4) is 0 Å². The number of amides is 1. The van der Waals surface area contributed by atoms with Crippen molar-refractivity contribution in [3.8, 4) is 0 Å². The van der Waals surface area contributed by atoms with Crippen molar-refractivity contribution in [3.05, 3.63) is 107 Å². The van der Waals surface area contributed by atoms with E-state index >= 15 is 0 Å². The minimum Gasteiger partial charge on any atom is -0.383 e. The Morgan fingerprint density at radius 2 is 1.73 bits per heavy atom. The third kappa shape index (κ3) is 5.12. The molecule has 0 aliphatic carbocycles. The Kier molecular flexibility index (Phi) is 7.30. The Morgan fingerprint density at radius 1 is 1.05 bits per heavy atom. The summed E-state index contributed by atoms with van der Waals surface area (Å²) in [5.74, 6) is 0.375. The number of aryl methyl sites for hydroxylation is 1. The predicted octanol–water partition coefficient (Wildman–Crippen LogP) is 5.38. The molecule has 8 nitrogen and oxygen atoms in total. The molecule has 0 fully saturated rings. The van der Waals surface area contributed by atoms with Crippen molar-refractivity contribution >= 4 is 34.4 Å². The first-order valence-corrected chi connectivity index (χ1v) is 12.5. The summed E-state index contributed by atoms with van der Waals surface area (Å²) < 4.78 is 8.88. The average molecular weight is 515 g/mol. The average Bonchev–Trinajstić information content (AvgIpc) is 3.51. The summed E-state index contributed by atoms with van der Waals surface area (Å²) in [6.45, 7) is 3.82. The summed E-state index contributed by atoms with van der Waals surface area (Å²) in [4.78, 5) is 22.6. The third-order valence-corrected chi connectivity index (χ3v) is 6.51. The van der Waals surface area contributed by atoms with Crippen LogP contribution in [0.5, 0.6) is 0 Å². The lowest BCUT2D eigenvalue weighted by Crippen LogP contribution is -2.13. The van der Waals surface area contributed by atoms with Gasteiger partial charge in [-0.05, 0) is 24.1 Å². The van der Waals surface area contributed by atoms with E-state index in [4.69, 9.17) is 21.3 Å². The van der Waals surface area contributed by atoms with Gasteiger partial charge in [0.05, 0.1) is 42.0 Å². The second kappa shape index (κ2) is 10.9. The smallest absolute Gasteiger partial charge is 0.258 e. The lowest BCUT2D eigenvalue weighted by molar-refractivity contribution is 0.102. The standard InChI is InChI=1S/C28H27ClN6O2/c1-3-35-23-16-22(28(36)31-21-17-30-34(18-21)14-15-37-2)25(29)32-26(23)33-27(35)24(19-10-6-4-7-11-19)20-12-8-5-9-13-20/h4-13,16-18,24H,3,14-15H2,1-2H3,(H,31,36). The van der Waals surface area contributed by atoms with E-state index in [0.29, 0.717) is 31.0 Å². The van der Waals surface area contributed by atoms with E-state index in [-0.39, 0.29) is 22.5 Å². The van der Waals surface area contributed by atoms with Crippen LogP contribution in [-0.4, -0.2) is 43.9 Å². The second-order valence-corrected chi connectivity index (χ2v) is 8.94. The van der Waals surface area contributed by atoms with E-state index < -0.39 is 0 Å². The van der Waals surface area contributed by atoms with E-state index in [1.54, 1.807) is 30.3 Å². The van der Waals surface area contributed by atoms with Crippen molar-refractivity contribution in [2.75, 3.05) is 19.0 Å². The van der Waals surface area contributed by atoms with E-state index in [0.717, 1.165) is 22.5 Å². The van der Waals surface area contributed by atoms with Gasteiger partial charge in [-0.15, -0.1) is 0 Å². The third-order valence-electron chi connectivity index (χ3n) is 6.22. The molecule has 3 heterocycles. The number of anilines is 1. The van der Waals surface area contributed by atoms with Crippen molar-refractivity contribution in [1.82, 2.24) is 24.3 Å². The van der Waals surface area contributed by atoms with Crippen LogP contribution in [0.2, 0.25) is 5.15 Å². The van der Waals surface area contributed by atoms with Gasteiger partial charge in [0, 0.05) is 19.9 Å². The van der Waals surface area contributed by atoms with Gasteiger partial charge >= 0.3 is 0 Å². The highest BCUT2D eigenvalue weighted by molar-refractivity contribution is 6.33. The quantitative estimate of drug-likeness (QED) is 0.267. The highest BCUT2D eigenvalue weighted by Crippen LogP contribution is 2.34. The van der Waals surface area contributed by atoms with E-state index in [1.807, 2.05) is 36.4 Å². The number of imidazole rings is 1. The molecule has 0 aliphatic heterocycles. The maximum Gasteiger partial charge on any atom is 0.258 e. The number of fused-ring (bicyclic) bond motifs is 1. The van der Waals surface area contributed by atoms with Gasteiger partial charge in [-0.25, -0.2) is 9.97 Å². The lowest BCUT2D eigenvalue weighted by atomic mass is 9.90. The lowest BCUT2D eigenvalue weighted by Gasteiger charge is -2.19. The Bertz CT molecular complexity index is 1470. The van der Waals surface area contributed by atoms with Gasteiger partial charge in [-0.2, -0.15) is 5.10 Å². The molecular weight excluding hydrogens is 488 g/mol. The highest BCUT2D eigenvalue weighted by Gasteiger charge is 2.25. The molecule has 5 aromatic rings. The number of carbonyl (C=O) groups excluding carboxylic acids is 1. The molecule has 0 aliphatic rings. The number of nitrogens with zero attached hydrogens (tertiary/aromatic N) is 5. The molecule has 3 aromatic heterocycles. The zero-order valence-electron chi connectivity index (χ0n) is 20.6. The molecule has 0 spiro atoms. The summed E-state index contributed by atoms with van der Waals surface area (Å²) in [6.07, 6.45) is 3.33. The van der Waals surface area contributed by atoms with E-state index in [9.17, 15) is 4.79 Å². The maximum atomic E-state index is 13.2. The van der Waals surface area contributed by atoms with Gasteiger partial charge in [-0.1, -0.05) is 72.3 Å². The van der Waals surface area contributed by atoms with Crippen molar-refractivity contribution in [1.29, 1.82) is 0 Å². The first-order chi connectivity index (χ1) is 18.1. The van der Waals surface area contributed by atoms with Crippen LogP contribution in [0.25, 0.3) is 11.2 Å². The largest absolute Gasteiger partial charge is 0.383 e. The normalized spacial score (nSPS) is 11.4. The number of carbonyl (C=O) groups is 1. The topological polar surface area (TPSA) is 86.9 Å². The summed E-state index contributed by atoms with van der Waals surface area (Å²) in [7, 11) is 1.63. The van der Waals surface area contributed by atoms with Crippen LogP contribution in [0.15, 0.2) is 79.1 Å². The summed E-state index contributed by atoms with van der Waals surface area (Å²) in [5.41, 5.74) is 4.33. The number of hydrogen-bond donors (Lipinski definition) is 1. The number of ether oxygens (including phenoxy) is 1. The first-order valence-electron chi connectivity index (χ1n) is 12.1. The van der Waals surface area contributed by atoms with Crippen LogP contribution < -0.4 is 5.32 Å². The molecule has 2 aromatic carbocycles. The first kappa shape index (κ1) is 24.7. The van der Waals surface area contributed by atoms with Gasteiger partial charge in [-0.3, -0.25) is 9.48 Å². The van der Waals surface area contributed by atoms with Gasteiger partial charge in [0.2, 0.25) is 0 Å². The molecule has 0 atom stereocenters. The number of hydrogen-bond acceptors (Lipinski definition) is 5. The maximum absolute atomic E-state index is 13.2. The molecule has 9 heteroatoms. The van der Waals surface area contributed by atoms with Crippen molar-refractivity contribution in [2.24, 2.45) is 0 Å². The van der Waals surface area contributed by atoms with Gasteiger partial charge in [0.1, 0.15) is 11.0 Å². The Morgan fingerprint density at radius 3 is 2.35 bits per heavy atom. The Hall–Kier alpha value is -4.01. The Labute approximate surface area is 219 Å². The van der Waals surface area contributed by atoms with Gasteiger partial charge in [0.25, 0.3) is 5.91 Å². The number of halogens is 1. The zero-order valence-corrected chi connectivity index (χ0v) is 21.4. The van der Waals surface area contributed by atoms with Gasteiger partial charge in [0.15, 0.2) is 5.65 Å². The fraction of sp³-hybridized carbons (Fsp3) is 0.214. The number of benzene rings is 2. The Balaban J connectivity index is 1.54. The fourth-order valence-corrected chi connectivity index (χ4v) is 4.69. The molecule has 1 amide bonds. The molecule has 0 saturated heterocycles. The van der Waals surface area contributed by atoms with Crippen LogP contribution in [-0.2, 0) is 17.8 Å². The molecule has 5 rings (SSSR count). The number of methoxy groups -OCH3 is 1. The zero-order chi connectivity index (χ0) is 25.8. The summed E-state index contributed by atoms with van der Waals surface area (Å²) >= 11 is 6.50. The van der Waals surface area contributed by atoms with Crippen LogP contribution >= 0.6 is 11.6 Å². The molecule has 1 N–H and O–H groups in total. The molecule has 0 bridgehead atoms. The number of nitrogens with one attached hydrogen (secondary N) is 1. The molecule has 0 saturated carbocycles. The van der Waals surface area contributed by atoms with Crippen LogP contribution in [0.4, 0.5) is 5.69 Å². The molecule has 37 heavy (non-hydrogen) atoms. The minimum absolute atomic E-state index is 0.0973. The SMILES string of the molecule is CCn1c(C(c2ccccc2)c2ccccc2)nc2nc(Cl)c(C(=O)Nc3cnn(CCOC)c3)cc21. The molecule has 0 unspecified atom stereocenters. The number of rotatable bonds is 9. The van der Waals surface area contributed by atoms with E-state index in [2.05, 4.69) is 51.2 Å². The highest BCUT2D eigenvalue weighted by atomic mass is 35.5. The number of pyridine rings is 1. The van der Waals surface area contributed by atoms with Crippen LogP contribution in [0, 0.1) is 0 Å².